The second kappa shape index (κ2) is 9.36. The average Bonchev–Trinajstić information content (AvgIpc) is 2.52. The van der Waals surface area contributed by atoms with Crippen molar-refractivity contribution in [1.82, 2.24) is 10.6 Å². The Morgan fingerprint density at radius 3 is 2.33 bits per heavy atom. The molecule has 4 N–H and O–H groups in total. The molecule has 1 atom stereocenters. The average molecular weight is 399 g/mol. The van der Waals surface area contributed by atoms with Crippen molar-refractivity contribution in [3.05, 3.63) is 29.3 Å². The number of aryl methyl sites for hydroxylation is 1. The van der Waals surface area contributed by atoms with Crippen LogP contribution in [-0.2, 0) is 19.6 Å². The SMILES string of the molecule is Cc1ccc(NS(C)(=O)=O)c(C(=O)NCC(=O)N[C@@H](CC(C)C)C(=O)O)c1. The summed E-state index contributed by atoms with van der Waals surface area (Å²) in [4.78, 5) is 35.5. The summed E-state index contributed by atoms with van der Waals surface area (Å²) >= 11 is 0. The third kappa shape index (κ3) is 8.07. The molecule has 10 heteroatoms. The van der Waals surface area contributed by atoms with Crippen LogP contribution in [0.1, 0.15) is 36.2 Å². The van der Waals surface area contributed by atoms with Crippen LogP contribution in [0.5, 0.6) is 0 Å². The number of amides is 2. The first-order chi connectivity index (χ1) is 12.4. The van der Waals surface area contributed by atoms with Crippen LogP contribution >= 0.6 is 0 Å². The Labute approximate surface area is 158 Å². The highest BCUT2D eigenvalue weighted by Crippen LogP contribution is 2.18. The molecule has 0 saturated carbocycles. The molecule has 1 aromatic rings. The fraction of sp³-hybridized carbons (Fsp3) is 0.471. The molecule has 0 aliphatic heterocycles. The lowest BCUT2D eigenvalue weighted by Gasteiger charge is -2.17. The van der Waals surface area contributed by atoms with Gasteiger partial charge in [0.1, 0.15) is 6.04 Å². The molecule has 0 aliphatic rings. The molecule has 2 amide bonds. The first kappa shape index (κ1) is 22.4. The van der Waals surface area contributed by atoms with Gasteiger partial charge >= 0.3 is 5.97 Å². The quantitative estimate of drug-likeness (QED) is 0.482. The molecule has 0 fully saturated rings. The number of sulfonamides is 1. The Morgan fingerprint density at radius 1 is 1.19 bits per heavy atom. The van der Waals surface area contributed by atoms with Gasteiger partial charge in [-0.1, -0.05) is 25.5 Å². The number of carbonyl (C=O) groups excluding carboxylic acids is 2. The van der Waals surface area contributed by atoms with Crippen LogP contribution in [0.2, 0.25) is 0 Å². The van der Waals surface area contributed by atoms with Crippen LogP contribution in [0.4, 0.5) is 5.69 Å². The number of anilines is 1. The Kier molecular flexibility index (Phi) is 7.77. The molecular weight excluding hydrogens is 374 g/mol. The molecule has 0 bridgehead atoms. The summed E-state index contributed by atoms with van der Waals surface area (Å²) < 4.78 is 25.1. The van der Waals surface area contributed by atoms with Crippen LogP contribution in [-0.4, -0.2) is 50.2 Å². The molecule has 0 spiro atoms. The van der Waals surface area contributed by atoms with Crippen molar-refractivity contribution in [2.45, 2.75) is 33.2 Å². The molecule has 0 saturated heterocycles. The van der Waals surface area contributed by atoms with Gasteiger partial charge in [0.2, 0.25) is 15.9 Å². The molecule has 9 nitrogen and oxygen atoms in total. The second-order valence-corrected chi connectivity index (χ2v) is 8.44. The van der Waals surface area contributed by atoms with E-state index in [0.29, 0.717) is 0 Å². The fourth-order valence-corrected chi connectivity index (χ4v) is 2.91. The maximum Gasteiger partial charge on any atom is 0.326 e. The predicted molar refractivity (Wildman–Crippen MR) is 101 cm³/mol. The van der Waals surface area contributed by atoms with Gasteiger partial charge in [-0.15, -0.1) is 0 Å². The molecule has 150 valence electrons. The van der Waals surface area contributed by atoms with Crippen LogP contribution in [0.3, 0.4) is 0 Å². The zero-order valence-corrected chi connectivity index (χ0v) is 16.5. The highest BCUT2D eigenvalue weighted by atomic mass is 32.2. The van der Waals surface area contributed by atoms with Gasteiger partial charge in [-0.2, -0.15) is 0 Å². The van der Waals surface area contributed by atoms with Crippen molar-refractivity contribution in [1.29, 1.82) is 0 Å². The first-order valence-electron chi connectivity index (χ1n) is 8.28. The van der Waals surface area contributed by atoms with E-state index in [2.05, 4.69) is 15.4 Å². The van der Waals surface area contributed by atoms with E-state index in [1.807, 2.05) is 13.8 Å². The van der Waals surface area contributed by atoms with Gasteiger partial charge in [0, 0.05) is 0 Å². The van der Waals surface area contributed by atoms with E-state index >= 15 is 0 Å². The molecule has 0 unspecified atom stereocenters. The van der Waals surface area contributed by atoms with Crippen molar-refractivity contribution in [2.24, 2.45) is 5.92 Å². The van der Waals surface area contributed by atoms with E-state index in [9.17, 15) is 22.8 Å². The summed E-state index contributed by atoms with van der Waals surface area (Å²) in [6, 6.07) is 3.53. The van der Waals surface area contributed by atoms with Gasteiger partial charge in [0.05, 0.1) is 24.1 Å². The monoisotopic (exact) mass is 399 g/mol. The van der Waals surface area contributed by atoms with E-state index in [4.69, 9.17) is 5.11 Å². The van der Waals surface area contributed by atoms with Crippen molar-refractivity contribution in [2.75, 3.05) is 17.5 Å². The minimum atomic E-state index is -3.59. The maximum absolute atomic E-state index is 12.4. The summed E-state index contributed by atoms with van der Waals surface area (Å²) in [6.07, 6.45) is 1.22. The number of nitrogens with one attached hydrogen (secondary N) is 3. The van der Waals surface area contributed by atoms with Crippen molar-refractivity contribution in [3.63, 3.8) is 0 Å². The molecule has 0 aliphatic carbocycles. The van der Waals surface area contributed by atoms with Gasteiger partial charge in [-0.3, -0.25) is 14.3 Å². The van der Waals surface area contributed by atoms with Crippen molar-refractivity contribution >= 4 is 33.5 Å². The number of aliphatic carboxylic acids is 1. The molecule has 0 radical (unpaired) electrons. The number of hydrogen-bond acceptors (Lipinski definition) is 5. The molecule has 0 aromatic heterocycles. The van der Waals surface area contributed by atoms with Gasteiger partial charge in [-0.05, 0) is 31.4 Å². The molecule has 0 heterocycles. The smallest absolute Gasteiger partial charge is 0.326 e. The predicted octanol–water partition coefficient (Wildman–Crippen LogP) is 0.712. The normalized spacial score (nSPS) is 12.3. The molecule has 1 aromatic carbocycles. The van der Waals surface area contributed by atoms with E-state index in [1.54, 1.807) is 13.0 Å². The van der Waals surface area contributed by atoms with Crippen LogP contribution in [0.25, 0.3) is 0 Å². The molecule has 1 rings (SSSR count). The lowest BCUT2D eigenvalue weighted by Crippen LogP contribution is -2.46. The number of hydrogen-bond donors (Lipinski definition) is 4. The van der Waals surface area contributed by atoms with Crippen LogP contribution in [0, 0.1) is 12.8 Å². The zero-order chi connectivity index (χ0) is 20.8. The van der Waals surface area contributed by atoms with Crippen LogP contribution in [0.15, 0.2) is 18.2 Å². The maximum atomic E-state index is 12.4. The van der Waals surface area contributed by atoms with Crippen LogP contribution < -0.4 is 15.4 Å². The lowest BCUT2D eigenvalue weighted by atomic mass is 10.0. The number of carboxylic acid groups (broad SMARTS) is 1. The third-order valence-corrected chi connectivity index (χ3v) is 4.06. The number of benzene rings is 1. The van der Waals surface area contributed by atoms with Gasteiger partial charge in [0.15, 0.2) is 0 Å². The van der Waals surface area contributed by atoms with E-state index in [0.717, 1.165) is 11.8 Å². The largest absolute Gasteiger partial charge is 0.480 e. The van der Waals surface area contributed by atoms with Crippen molar-refractivity contribution < 1.29 is 27.9 Å². The Bertz CT molecular complexity index is 820. The summed E-state index contributed by atoms with van der Waals surface area (Å²) in [7, 11) is -3.59. The number of rotatable bonds is 9. The second-order valence-electron chi connectivity index (χ2n) is 6.69. The Balaban J connectivity index is 2.80. The number of carbonyl (C=O) groups is 3. The summed E-state index contributed by atoms with van der Waals surface area (Å²) in [5, 5.41) is 13.9. The van der Waals surface area contributed by atoms with Gasteiger partial charge in [-0.25, -0.2) is 13.2 Å². The standard InChI is InChI=1S/C17H25N3O6S/c1-10(2)7-14(17(23)24)19-15(21)9-18-16(22)12-8-11(3)5-6-13(12)20-27(4,25)26/h5-6,8,10,14,20H,7,9H2,1-4H3,(H,18,22)(H,19,21)(H,23,24)/t14-/m0/s1. The Morgan fingerprint density at radius 2 is 1.81 bits per heavy atom. The topological polar surface area (TPSA) is 142 Å². The highest BCUT2D eigenvalue weighted by Gasteiger charge is 2.22. The van der Waals surface area contributed by atoms with Gasteiger partial charge < -0.3 is 15.7 Å². The van der Waals surface area contributed by atoms with E-state index in [1.165, 1.54) is 12.1 Å². The summed E-state index contributed by atoms with van der Waals surface area (Å²) in [6.45, 7) is 4.96. The van der Waals surface area contributed by atoms with Gasteiger partial charge in [0.25, 0.3) is 5.91 Å². The zero-order valence-electron chi connectivity index (χ0n) is 15.7. The Hall–Kier alpha value is -2.62. The van der Waals surface area contributed by atoms with E-state index < -0.39 is 40.4 Å². The minimum absolute atomic E-state index is 0.0604. The fourth-order valence-electron chi connectivity index (χ4n) is 2.33. The lowest BCUT2D eigenvalue weighted by molar-refractivity contribution is -0.142. The summed E-state index contributed by atoms with van der Waals surface area (Å²) in [5.74, 6) is -2.39. The minimum Gasteiger partial charge on any atom is -0.480 e. The molecule has 27 heavy (non-hydrogen) atoms. The highest BCUT2D eigenvalue weighted by molar-refractivity contribution is 7.92. The first-order valence-corrected chi connectivity index (χ1v) is 10.2. The summed E-state index contributed by atoms with van der Waals surface area (Å²) in [5.41, 5.74) is 0.876. The number of carboxylic acids is 1. The van der Waals surface area contributed by atoms with E-state index in [-0.39, 0.29) is 23.6 Å². The van der Waals surface area contributed by atoms with Crippen molar-refractivity contribution in [3.8, 4) is 0 Å². The third-order valence-electron chi connectivity index (χ3n) is 3.46. The molecular formula is C17H25N3O6S.